The summed E-state index contributed by atoms with van der Waals surface area (Å²) in [6.45, 7) is 7.31. The first-order chi connectivity index (χ1) is 14.0. The number of H-pyrrole nitrogens is 1. The van der Waals surface area contributed by atoms with Gasteiger partial charge >= 0.3 is 0 Å². The predicted molar refractivity (Wildman–Crippen MR) is 115 cm³/mol. The number of benzene rings is 1. The lowest BCUT2D eigenvalue weighted by Gasteiger charge is -2.17. The van der Waals surface area contributed by atoms with Crippen molar-refractivity contribution < 1.29 is 9.59 Å². The van der Waals surface area contributed by atoms with Gasteiger partial charge in [-0.05, 0) is 51.5 Å². The topological polar surface area (TPSA) is 78.1 Å². The van der Waals surface area contributed by atoms with E-state index >= 15 is 0 Å². The van der Waals surface area contributed by atoms with Crippen LogP contribution in [0.15, 0.2) is 36.4 Å². The number of rotatable bonds is 7. The lowest BCUT2D eigenvalue weighted by atomic mass is 10.2. The molecule has 1 aliphatic carbocycles. The number of aromatic nitrogens is 2. The highest BCUT2D eigenvalue weighted by molar-refractivity contribution is 7.14. The van der Waals surface area contributed by atoms with Crippen molar-refractivity contribution in [1.82, 2.24) is 20.2 Å². The van der Waals surface area contributed by atoms with Gasteiger partial charge in [0.05, 0.1) is 22.0 Å². The van der Waals surface area contributed by atoms with E-state index in [1.807, 2.05) is 57.2 Å². The van der Waals surface area contributed by atoms with Gasteiger partial charge in [-0.3, -0.25) is 9.59 Å². The summed E-state index contributed by atoms with van der Waals surface area (Å²) in [4.78, 5) is 36.7. The molecule has 0 radical (unpaired) electrons. The molecule has 1 aromatic carbocycles. The molecule has 1 fully saturated rings. The van der Waals surface area contributed by atoms with Crippen molar-refractivity contribution in [2.45, 2.75) is 39.2 Å². The molecule has 1 saturated carbocycles. The van der Waals surface area contributed by atoms with Gasteiger partial charge in [0.1, 0.15) is 5.82 Å². The molecular weight excluding hydrogens is 384 g/mol. The number of imidazole rings is 1. The Balaban J connectivity index is 1.37. The van der Waals surface area contributed by atoms with Crippen molar-refractivity contribution in [3.8, 4) is 0 Å². The maximum Gasteiger partial charge on any atom is 0.263 e. The van der Waals surface area contributed by atoms with Crippen molar-refractivity contribution in [3.63, 3.8) is 0 Å². The number of nitrogens with zero attached hydrogens (tertiary/aromatic N) is 2. The monoisotopic (exact) mass is 410 g/mol. The normalized spacial score (nSPS) is 19.1. The van der Waals surface area contributed by atoms with Crippen LogP contribution in [-0.4, -0.2) is 39.8 Å². The first-order valence-electron chi connectivity index (χ1n) is 10.2. The molecular formula is C22H26N4O2S. The van der Waals surface area contributed by atoms with Crippen LogP contribution in [0.5, 0.6) is 0 Å². The van der Waals surface area contributed by atoms with E-state index in [9.17, 15) is 9.59 Å². The fourth-order valence-electron chi connectivity index (χ4n) is 3.69. The summed E-state index contributed by atoms with van der Waals surface area (Å²) in [6, 6.07) is 11.6. The molecule has 152 valence electrons. The first kappa shape index (κ1) is 19.6. The number of aromatic amines is 1. The fraction of sp³-hybridized carbons (Fsp3) is 0.409. The Kier molecular flexibility index (Phi) is 5.41. The van der Waals surface area contributed by atoms with Gasteiger partial charge in [-0.1, -0.05) is 12.1 Å². The van der Waals surface area contributed by atoms with Gasteiger partial charge in [0.15, 0.2) is 0 Å². The number of para-hydroxylation sites is 2. The van der Waals surface area contributed by atoms with E-state index in [0.29, 0.717) is 13.1 Å². The summed E-state index contributed by atoms with van der Waals surface area (Å²) < 4.78 is 0. The van der Waals surface area contributed by atoms with Gasteiger partial charge in [0, 0.05) is 29.8 Å². The summed E-state index contributed by atoms with van der Waals surface area (Å²) >= 11 is 1.46. The number of thiophene rings is 1. The van der Waals surface area contributed by atoms with E-state index < -0.39 is 0 Å². The van der Waals surface area contributed by atoms with Gasteiger partial charge in [0.2, 0.25) is 5.91 Å². The number of nitrogens with one attached hydrogen (secondary N) is 2. The molecule has 0 aliphatic heterocycles. The van der Waals surface area contributed by atoms with E-state index in [1.165, 1.54) is 11.3 Å². The Labute approximate surface area is 174 Å². The Hall–Kier alpha value is -2.67. The van der Waals surface area contributed by atoms with Crippen LogP contribution >= 0.6 is 11.3 Å². The van der Waals surface area contributed by atoms with Crippen LogP contribution in [-0.2, 0) is 4.79 Å². The van der Waals surface area contributed by atoms with Crippen molar-refractivity contribution in [1.29, 1.82) is 0 Å². The molecule has 1 aliphatic rings. The minimum Gasteiger partial charge on any atom is -0.349 e. The molecule has 2 N–H and O–H groups in total. The lowest BCUT2D eigenvalue weighted by Crippen LogP contribution is -2.29. The highest BCUT2D eigenvalue weighted by Gasteiger charge is 2.46. The van der Waals surface area contributed by atoms with Gasteiger partial charge < -0.3 is 15.2 Å². The summed E-state index contributed by atoms with van der Waals surface area (Å²) in [5.74, 6) is 1.10. The maximum absolute atomic E-state index is 12.7. The molecule has 0 bridgehead atoms. The third kappa shape index (κ3) is 3.92. The molecule has 0 spiro atoms. The van der Waals surface area contributed by atoms with Crippen LogP contribution in [0.25, 0.3) is 11.0 Å². The van der Waals surface area contributed by atoms with E-state index in [0.717, 1.165) is 33.0 Å². The third-order valence-electron chi connectivity index (χ3n) is 5.56. The summed E-state index contributed by atoms with van der Waals surface area (Å²) in [5, 5.41) is 3.11. The molecule has 7 heteroatoms. The SMILES string of the molecule is CCN(CC)C(=O)c1ccc([C@@H](C)NC(=O)C2C[C@H]2c2nc3ccccc3[nH]2)s1. The molecule has 3 aromatic rings. The van der Waals surface area contributed by atoms with Gasteiger partial charge in [0.25, 0.3) is 5.91 Å². The molecule has 1 unspecified atom stereocenters. The van der Waals surface area contributed by atoms with Gasteiger partial charge in [-0.15, -0.1) is 11.3 Å². The molecule has 2 amide bonds. The summed E-state index contributed by atoms with van der Waals surface area (Å²) in [5.41, 5.74) is 1.94. The minimum atomic E-state index is -0.123. The second-order valence-electron chi connectivity index (χ2n) is 7.50. The average Bonchev–Trinajstić information content (AvgIpc) is 3.17. The predicted octanol–water partition coefficient (Wildman–Crippen LogP) is 4.09. The number of fused-ring (bicyclic) bond motifs is 1. The number of hydrogen-bond donors (Lipinski definition) is 2. The molecule has 2 aromatic heterocycles. The van der Waals surface area contributed by atoms with Crippen LogP contribution in [0.3, 0.4) is 0 Å². The molecule has 29 heavy (non-hydrogen) atoms. The highest BCUT2D eigenvalue weighted by atomic mass is 32.1. The number of hydrogen-bond acceptors (Lipinski definition) is 4. The van der Waals surface area contributed by atoms with Crippen molar-refractivity contribution in [3.05, 3.63) is 52.0 Å². The Morgan fingerprint density at radius 2 is 2.00 bits per heavy atom. The Morgan fingerprint density at radius 1 is 1.24 bits per heavy atom. The Bertz CT molecular complexity index is 1000. The lowest BCUT2D eigenvalue weighted by molar-refractivity contribution is -0.123. The zero-order chi connectivity index (χ0) is 20.5. The zero-order valence-corrected chi connectivity index (χ0v) is 17.8. The third-order valence-corrected chi connectivity index (χ3v) is 6.82. The van der Waals surface area contributed by atoms with E-state index in [1.54, 1.807) is 4.90 Å². The van der Waals surface area contributed by atoms with Crippen molar-refractivity contribution in [2.24, 2.45) is 5.92 Å². The number of carbonyl (C=O) groups is 2. The van der Waals surface area contributed by atoms with Crippen LogP contribution in [0, 0.1) is 5.92 Å². The van der Waals surface area contributed by atoms with E-state index in [4.69, 9.17) is 0 Å². The van der Waals surface area contributed by atoms with Crippen LogP contribution in [0.2, 0.25) is 0 Å². The molecule has 4 rings (SSSR count). The Morgan fingerprint density at radius 3 is 2.72 bits per heavy atom. The fourth-order valence-corrected chi connectivity index (χ4v) is 4.67. The summed E-state index contributed by atoms with van der Waals surface area (Å²) in [6.07, 6.45) is 0.814. The first-order valence-corrected chi connectivity index (χ1v) is 11.0. The van der Waals surface area contributed by atoms with E-state index in [-0.39, 0.29) is 29.7 Å². The molecule has 2 heterocycles. The molecule has 6 nitrogen and oxygen atoms in total. The number of amides is 2. The van der Waals surface area contributed by atoms with Gasteiger partial charge in [-0.25, -0.2) is 4.98 Å². The summed E-state index contributed by atoms with van der Waals surface area (Å²) in [7, 11) is 0. The largest absolute Gasteiger partial charge is 0.349 e. The molecule has 3 atom stereocenters. The van der Waals surface area contributed by atoms with Gasteiger partial charge in [-0.2, -0.15) is 0 Å². The average molecular weight is 411 g/mol. The molecule has 0 saturated heterocycles. The van der Waals surface area contributed by atoms with Crippen molar-refractivity contribution in [2.75, 3.05) is 13.1 Å². The standard InChI is InChI=1S/C22H26N4O2S/c1-4-26(5-2)22(28)19-11-10-18(29-19)13(3)23-21(27)15-12-14(15)20-24-16-8-6-7-9-17(16)25-20/h6-11,13-15H,4-5,12H2,1-3H3,(H,23,27)(H,24,25)/t13-,14-,15?/m1/s1. The van der Waals surface area contributed by atoms with Crippen LogP contribution in [0.1, 0.15) is 59.5 Å². The maximum atomic E-state index is 12.7. The number of carbonyl (C=O) groups excluding carboxylic acids is 2. The highest BCUT2D eigenvalue weighted by Crippen LogP contribution is 2.47. The second-order valence-corrected chi connectivity index (χ2v) is 8.61. The second kappa shape index (κ2) is 7.99. The van der Waals surface area contributed by atoms with Crippen LogP contribution < -0.4 is 5.32 Å². The van der Waals surface area contributed by atoms with Crippen molar-refractivity contribution >= 4 is 34.2 Å². The zero-order valence-electron chi connectivity index (χ0n) is 16.9. The minimum absolute atomic E-state index is 0.0465. The quantitative estimate of drug-likeness (QED) is 0.616. The van der Waals surface area contributed by atoms with E-state index in [2.05, 4.69) is 15.3 Å². The van der Waals surface area contributed by atoms with Crippen LogP contribution in [0.4, 0.5) is 0 Å². The smallest absolute Gasteiger partial charge is 0.263 e.